The Kier molecular flexibility index (Phi) is 6.81. The van der Waals surface area contributed by atoms with Gasteiger partial charge in [0.2, 0.25) is 0 Å². The summed E-state index contributed by atoms with van der Waals surface area (Å²) in [7, 11) is 0. The fraction of sp³-hybridized carbons (Fsp3) is 0.833. The first-order valence-corrected chi connectivity index (χ1v) is 6.46. The van der Waals surface area contributed by atoms with Crippen molar-refractivity contribution in [2.24, 2.45) is 5.73 Å². The molecule has 1 rings (SSSR count). The summed E-state index contributed by atoms with van der Waals surface area (Å²) in [5, 5.41) is 8.15. The second-order valence-corrected chi connectivity index (χ2v) is 4.28. The summed E-state index contributed by atoms with van der Waals surface area (Å²) >= 11 is 0. The van der Waals surface area contributed by atoms with Crippen molar-refractivity contribution in [3.05, 3.63) is 11.9 Å². The van der Waals surface area contributed by atoms with Crippen molar-refractivity contribution in [3.63, 3.8) is 0 Å². The molecule has 0 spiro atoms. The largest absolute Gasteiger partial charge is 0.330 e. The van der Waals surface area contributed by atoms with Crippen LogP contribution in [0.25, 0.3) is 0 Å². The third-order valence-electron chi connectivity index (χ3n) is 2.73. The third-order valence-corrected chi connectivity index (χ3v) is 2.73. The highest BCUT2D eigenvalue weighted by Crippen LogP contribution is 2.06. The third kappa shape index (κ3) is 5.26. The van der Waals surface area contributed by atoms with Crippen LogP contribution < -0.4 is 5.73 Å². The van der Waals surface area contributed by atoms with Gasteiger partial charge in [-0.15, -0.1) is 5.10 Å². The molecule has 0 amide bonds. The average Bonchev–Trinajstić information content (AvgIpc) is 2.72. The fourth-order valence-electron chi connectivity index (χ4n) is 1.76. The molecule has 0 atom stereocenters. The predicted octanol–water partition coefficient (Wildman–Crippen LogP) is 2.14. The molecule has 1 aromatic heterocycles. The number of aromatic nitrogens is 3. The summed E-state index contributed by atoms with van der Waals surface area (Å²) in [5.41, 5.74) is 6.47. The monoisotopic (exact) mass is 224 g/mol. The predicted molar refractivity (Wildman–Crippen MR) is 66.2 cm³/mol. The molecule has 4 heteroatoms. The van der Waals surface area contributed by atoms with Gasteiger partial charge in [-0.1, -0.05) is 44.2 Å². The first-order valence-electron chi connectivity index (χ1n) is 6.46. The van der Waals surface area contributed by atoms with Crippen molar-refractivity contribution in [3.8, 4) is 0 Å². The molecule has 0 bridgehead atoms. The van der Waals surface area contributed by atoms with Crippen LogP contribution >= 0.6 is 0 Å². The van der Waals surface area contributed by atoms with E-state index < -0.39 is 0 Å². The van der Waals surface area contributed by atoms with Gasteiger partial charge in [0.15, 0.2) is 0 Å². The van der Waals surface area contributed by atoms with Gasteiger partial charge < -0.3 is 5.73 Å². The highest BCUT2D eigenvalue weighted by Gasteiger charge is 1.99. The minimum atomic E-state index is 0.649. The van der Waals surface area contributed by atoms with Gasteiger partial charge in [-0.2, -0.15) is 0 Å². The molecule has 2 N–H and O–H groups in total. The van der Waals surface area contributed by atoms with Gasteiger partial charge in [-0.3, -0.25) is 4.68 Å². The van der Waals surface area contributed by atoms with E-state index in [1.165, 1.54) is 38.5 Å². The Balaban J connectivity index is 2.07. The van der Waals surface area contributed by atoms with Gasteiger partial charge in [0.05, 0.1) is 5.69 Å². The Hall–Kier alpha value is -0.900. The van der Waals surface area contributed by atoms with Crippen LogP contribution in [0, 0.1) is 0 Å². The molecule has 0 radical (unpaired) electrons. The SMILES string of the molecule is CCCCCCCCn1cc(CCN)nn1. The van der Waals surface area contributed by atoms with E-state index in [9.17, 15) is 0 Å². The van der Waals surface area contributed by atoms with E-state index in [1.54, 1.807) is 0 Å². The van der Waals surface area contributed by atoms with Crippen LogP contribution in [0.4, 0.5) is 0 Å². The van der Waals surface area contributed by atoms with E-state index in [0.29, 0.717) is 6.54 Å². The summed E-state index contributed by atoms with van der Waals surface area (Å²) < 4.78 is 1.94. The molecule has 1 aromatic rings. The minimum Gasteiger partial charge on any atom is -0.330 e. The van der Waals surface area contributed by atoms with E-state index in [1.807, 2.05) is 10.9 Å². The van der Waals surface area contributed by atoms with E-state index in [0.717, 1.165) is 18.7 Å². The zero-order chi connectivity index (χ0) is 11.6. The second kappa shape index (κ2) is 8.28. The molecule has 0 saturated carbocycles. The Morgan fingerprint density at radius 3 is 2.69 bits per heavy atom. The molecule has 0 aliphatic carbocycles. The number of aryl methyl sites for hydroxylation is 1. The standard InChI is InChI=1S/C12H24N4/c1-2-3-4-5-6-7-10-16-11-12(8-9-13)14-15-16/h11H,2-10,13H2,1H3. The van der Waals surface area contributed by atoms with E-state index >= 15 is 0 Å². The highest BCUT2D eigenvalue weighted by atomic mass is 15.4. The average molecular weight is 224 g/mol. The normalized spacial score (nSPS) is 10.9. The smallest absolute Gasteiger partial charge is 0.0839 e. The molecule has 0 aliphatic heterocycles. The number of nitrogens with two attached hydrogens (primary N) is 1. The highest BCUT2D eigenvalue weighted by molar-refractivity contribution is 4.92. The summed E-state index contributed by atoms with van der Waals surface area (Å²) in [6.07, 6.45) is 10.7. The molecule has 1 heterocycles. The molecule has 4 nitrogen and oxygen atoms in total. The van der Waals surface area contributed by atoms with Crippen molar-refractivity contribution in [2.75, 3.05) is 6.54 Å². The quantitative estimate of drug-likeness (QED) is 0.654. The lowest BCUT2D eigenvalue weighted by Crippen LogP contribution is -2.02. The summed E-state index contributed by atoms with van der Waals surface area (Å²) in [4.78, 5) is 0. The Morgan fingerprint density at radius 1 is 1.19 bits per heavy atom. The topological polar surface area (TPSA) is 56.7 Å². The maximum atomic E-state index is 5.46. The van der Waals surface area contributed by atoms with Gasteiger partial charge >= 0.3 is 0 Å². The van der Waals surface area contributed by atoms with Crippen LogP contribution in [0.1, 0.15) is 51.1 Å². The number of unbranched alkanes of at least 4 members (excludes halogenated alkanes) is 5. The number of rotatable bonds is 9. The van der Waals surface area contributed by atoms with Crippen LogP contribution in [-0.4, -0.2) is 21.5 Å². The Bertz CT molecular complexity index is 270. The van der Waals surface area contributed by atoms with Crippen molar-refractivity contribution >= 4 is 0 Å². The molecular weight excluding hydrogens is 200 g/mol. The van der Waals surface area contributed by atoms with Gasteiger partial charge in [-0.25, -0.2) is 0 Å². The maximum Gasteiger partial charge on any atom is 0.0839 e. The van der Waals surface area contributed by atoms with E-state index in [2.05, 4.69) is 17.2 Å². The number of nitrogens with zero attached hydrogens (tertiary/aromatic N) is 3. The lowest BCUT2D eigenvalue weighted by molar-refractivity contribution is 0.516. The zero-order valence-electron chi connectivity index (χ0n) is 10.4. The van der Waals surface area contributed by atoms with Crippen LogP contribution in [0.15, 0.2) is 6.20 Å². The van der Waals surface area contributed by atoms with Crippen molar-refractivity contribution < 1.29 is 0 Å². The van der Waals surface area contributed by atoms with Crippen LogP contribution in [0.5, 0.6) is 0 Å². The Morgan fingerprint density at radius 2 is 1.94 bits per heavy atom. The molecule has 0 aromatic carbocycles. The zero-order valence-corrected chi connectivity index (χ0v) is 10.4. The van der Waals surface area contributed by atoms with Gasteiger partial charge in [-0.05, 0) is 13.0 Å². The summed E-state index contributed by atoms with van der Waals surface area (Å²) in [6, 6.07) is 0. The molecule has 0 unspecified atom stereocenters. The van der Waals surface area contributed by atoms with Crippen molar-refractivity contribution in [2.45, 2.75) is 58.4 Å². The first-order chi connectivity index (χ1) is 7.86. The molecular formula is C12H24N4. The molecule has 92 valence electrons. The molecule has 0 saturated heterocycles. The summed E-state index contributed by atoms with van der Waals surface area (Å²) in [6.45, 7) is 3.88. The number of hydrogen-bond donors (Lipinski definition) is 1. The van der Waals surface area contributed by atoms with Crippen molar-refractivity contribution in [1.29, 1.82) is 0 Å². The number of hydrogen-bond acceptors (Lipinski definition) is 3. The van der Waals surface area contributed by atoms with Crippen molar-refractivity contribution in [1.82, 2.24) is 15.0 Å². The van der Waals surface area contributed by atoms with Gasteiger partial charge in [0, 0.05) is 19.2 Å². The van der Waals surface area contributed by atoms with Crippen LogP contribution in [0.2, 0.25) is 0 Å². The van der Waals surface area contributed by atoms with Crippen LogP contribution in [0.3, 0.4) is 0 Å². The lowest BCUT2D eigenvalue weighted by Gasteiger charge is -2.00. The second-order valence-electron chi connectivity index (χ2n) is 4.28. The summed E-state index contributed by atoms with van der Waals surface area (Å²) in [5.74, 6) is 0. The van der Waals surface area contributed by atoms with E-state index in [4.69, 9.17) is 5.73 Å². The molecule has 0 aliphatic rings. The van der Waals surface area contributed by atoms with Crippen LogP contribution in [-0.2, 0) is 13.0 Å². The first kappa shape index (κ1) is 13.2. The molecule has 16 heavy (non-hydrogen) atoms. The Labute approximate surface area is 98.2 Å². The fourth-order valence-corrected chi connectivity index (χ4v) is 1.76. The minimum absolute atomic E-state index is 0.649. The van der Waals surface area contributed by atoms with Gasteiger partial charge in [0.25, 0.3) is 0 Å². The van der Waals surface area contributed by atoms with Gasteiger partial charge in [0.1, 0.15) is 0 Å². The van der Waals surface area contributed by atoms with E-state index in [-0.39, 0.29) is 0 Å². The lowest BCUT2D eigenvalue weighted by atomic mass is 10.1. The molecule has 0 fully saturated rings. The maximum absolute atomic E-state index is 5.46.